The predicted octanol–water partition coefficient (Wildman–Crippen LogP) is 2.87. The van der Waals surface area contributed by atoms with E-state index in [0.717, 1.165) is 29.2 Å². The van der Waals surface area contributed by atoms with Crippen molar-refractivity contribution in [2.24, 2.45) is 0 Å². The summed E-state index contributed by atoms with van der Waals surface area (Å²) in [4.78, 5) is 1.02. The molecule has 90 valence electrons. The predicted molar refractivity (Wildman–Crippen MR) is 70.4 cm³/mol. The van der Waals surface area contributed by atoms with E-state index in [1.54, 1.807) is 11.8 Å². The topological polar surface area (TPSA) is 45.0 Å². The van der Waals surface area contributed by atoms with Crippen LogP contribution < -0.4 is 5.32 Å². The van der Waals surface area contributed by atoms with Gasteiger partial charge in [0.2, 0.25) is 0 Å². The van der Waals surface area contributed by atoms with Gasteiger partial charge in [0.1, 0.15) is 6.07 Å². The van der Waals surface area contributed by atoms with Crippen LogP contribution in [0, 0.1) is 11.3 Å². The van der Waals surface area contributed by atoms with E-state index in [1.165, 1.54) is 0 Å². The third kappa shape index (κ3) is 2.56. The van der Waals surface area contributed by atoms with Crippen molar-refractivity contribution in [1.29, 1.82) is 5.26 Å². The fourth-order valence-electron chi connectivity index (χ4n) is 2.06. The molecule has 0 saturated carbocycles. The van der Waals surface area contributed by atoms with E-state index in [1.807, 2.05) is 24.5 Å². The molecule has 1 aromatic carbocycles. The minimum absolute atomic E-state index is 0.208. The number of hydrogen-bond donors (Lipinski definition) is 1. The van der Waals surface area contributed by atoms with Gasteiger partial charge in [0.25, 0.3) is 0 Å². The van der Waals surface area contributed by atoms with Crippen molar-refractivity contribution >= 4 is 17.4 Å². The molecule has 0 spiro atoms. The molecular weight excluding hydrogens is 232 g/mol. The summed E-state index contributed by atoms with van der Waals surface area (Å²) in [7, 11) is 0. The Kier molecular flexibility index (Phi) is 3.93. The van der Waals surface area contributed by atoms with Gasteiger partial charge in [0.15, 0.2) is 0 Å². The highest BCUT2D eigenvalue weighted by Crippen LogP contribution is 2.28. The number of thioether (sulfide) groups is 1. The van der Waals surface area contributed by atoms with E-state index >= 15 is 0 Å². The minimum atomic E-state index is 0.208. The minimum Gasteiger partial charge on any atom is -0.379 e. The molecule has 1 aliphatic heterocycles. The highest BCUT2D eigenvalue weighted by atomic mass is 32.2. The normalized spacial score (nSPS) is 23.4. The molecular formula is C13H16N2OS. The molecule has 0 aromatic heterocycles. The standard InChI is InChI=1S/C13H16N2OS/c1-9-11(6-7-16-9)15-12-4-3-5-13(17-2)10(12)8-14/h3-5,9,11,15H,6-7H2,1-2H3. The first-order valence-electron chi connectivity index (χ1n) is 5.71. The summed E-state index contributed by atoms with van der Waals surface area (Å²) >= 11 is 1.60. The maximum absolute atomic E-state index is 9.24. The van der Waals surface area contributed by atoms with Crippen molar-refractivity contribution in [2.75, 3.05) is 18.2 Å². The summed E-state index contributed by atoms with van der Waals surface area (Å²) in [5.74, 6) is 0. The molecule has 0 aliphatic carbocycles. The summed E-state index contributed by atoms with van der Waals surface area (Å²) in [6.07, 6.45) is 3.19. The molecule has 0 radical (unpaired) electrons. The lowest BCUT2D eigenvalue weighted by Gasteiger charge is -2.19. The first-order chi connectivity index (χ1) is 8.26. The number of benzene rings is 1. The van der Waals surface area contributed by atoms with Crippen molar-refractivity contribution in [3.63, 3.8) is 0 Å². The zero-order valence-corrected chi connectivity index (χ0v) is 10.9. The van der Waals surface area contributed by atoms with E-state index < -0.39 is 0 Å². The van der Waals surface area contributed by atoms with E-state index in [9.17, 15) is 5.26 Å². The maximum atomic E-state index is 9.24. The second-order valence-electron chi connectivity index (χ2n) is 4.11. The highest BCUT2D eigenvalue weighted by Gasteiger charge is 2.24. The number of nitriles is 1. The van der Waals surface area contributed by atoms with Crippen LogP contribution in [0.4, 0.5) is 5.69 Å². The van der Waals surface area contributed by atoms with Crippen LogP contribution in [0.3, 0.4) is 0 Å². The van der Waals surface area contributed by atoms with Gasteiger partial charge in [-0.15, -0.1) is 11.8 Å². The zero-order chi connectivity index (χ0) is 12.3. The van der Waals surface area contributed by atoms with Gasteiger partial charge in [-0.2, -0.15) is 5.26 Å². The highest BCUT2D eigenvalue weighted by molar-refractivity contribution is 7.98. The molecule has 0 bridgehead atoms. The Morgan fingerprint density at radius 1 is 1.53 bits per heavy atom. The average molecular weight is 248 g/mol. The third-order valence-corrected chi connectivity index (χ3v) is 3.86. The van der Waals surface area contributed by atoms with Crippen LogP contribution in [0.15, 0.2) is 23.1 Å². The maximum Gasteiger partial charge on any atom is 0.102 e. The quantitative estimate of drug-likeness (QED) is 0.835. The van der Waals surface area contributed by atoms with Gasteiger partial charge in [-0.3, -0.25) is 0 Å². The van der Waals surface area contributed by atoms with Gasteiger partial charge >= 0.3 is 0 Å². The van der Waals surface area contributed by atoms with Crippen LogP contribution in [0.5, 0.6) is 0 Å². The Morgan fingerprint density at radius 2 is 2.35 bits per heavy atom. The molecule has 1 fully saturated rings. The van der Waals surface area contributed by atoms with E-state index in [2.05, 4.69) is 18.3 Å². The monoisotopic (exact) mass is 248 g/mol. The summed E-state index contributed by atoms with van der Waals surface area (Å²) < 4.78 is 5.52. The van der Waals surface area contributed by atoms with Gasteiger partial charge < -0.3 is 10.1 Å². The first-order valence-corrected chi connectivity index (χ1v) is 6.94. The molecule has 1 aliphatic rings. The van der Waals surface area contributed by atoms with Crippen molar-refractivity contribution in [2.45, 2.75) is 30.4 Å². The largest absolute Gasteiger partial charge is 0.379 e. The average Bonchev–Trinajstić information content (AvgIpc) is 2.74. The zero-order valence-electron chi connectivity index (χ0n) is 10.1. The SMILES string of the molecule is CSc1cccc(NC2CCOC2C)c1C#N. The van der Waals surface area contributed by atoms with E-state index in [-0.39, 0.29) is 6.10 Å². The van der Waals surface area contributed by atoms with Crippen LogP contribution in [-0.2, 0) is 4.74 Å². The summed E-state index contributed by atoms with van der Waals surface area (Å²) in [5, 5.41) is 12.7. The summed E-state index contributed by atoms with van der Waals surface area (Å²) in [5.41, 5.74) is 1.65. The molecule has 2 rings (SSSR count). The van der Waals surface area contributed by atoms with Gasteiger partial charge in [0, 0.05) is 11.5 Å². The van der Waals surface area contributed by atoms with E-state index in [4.69, 9.17) is 4.74 Å². The molecule has 3 nitrogen and oxygen atoms in total. The van der Waals surface area contributed by atoms with Gasteiger partial charge in [0.05, 0.1) is 23.4 Å². The third-order valence-electron chi connectivity index (χ3n) is 3.08. The molecule has 1 aromatic rings. The lowest BCUT2D eigenvalue weighted by Crippen LogP contribution is -2.27. The molecule has 0 amide bonds. The molecule has 1 saturated heterocycles. The van der Waals surface area contributed by atoms with Crippen molar-refractivity contribution in [1.82, 2.24) is 0 Å². The van der Waals surface area contributed by atoms with Crippen LogP contribution in [0.25, 0.3) is 0 Å². The molecule has 4 heteroatoms. The van der Waals surface area contributed by atoms with Crippen molar-refractivity contribution in [3.05, 3.63) is 23.8 Å². The van der Waals surface area contributed by atoms with Crippen molar-refractivity contribution < 1.29 is 4.74 Å². The molecule has 17 heavy (non-hydrogen) atoms. The second-order valence-corrected chi connectivity index (χ2v) is 4.96. The van der Waals surface area contributed by atoms with Crippen LogP contribution >= 0.6 is 11.8 Å². The lowest BCUT2D eigenvalue weighted by atomic mass is 10.1. The summed E-state index contributed by atoms with van der Waals surface area (Å²) in [6.45, 7) is 2.86. The lowest BCUT2D eigenvalue weighted by molar-refractivity contribution is 0.121. The molecule has 1 N–H and O–H groups in total. The van der Waals surface area contributed by atoms with Crippen molar-refractivity contribution in [3.8, 4) is 6.07 Å². The number of nitrogens with one attached hydrogen (secondary N) is 1. The molecule has 2 unspecified atom stereocenters. The van der Waals surface area contributed by atoms with Gasteiger partial charge in [-0.25, -0.2) is 0 Å². The van der Waals surface area contributed by atoms with Crippen LogP contribution in [0.1, 0.15) is 18.9 Å². The Balaban J connectivity index is 2.23. The second kappa shape index (κ2) is 5.44. The Labute approximate surface area is 106 Å². The first kappa shape index (κ1) is 12.3. The smallest absolute Gasteiger partial charge is 0.102 e. The van der Waals surface area contributed by atoms with Crippen LogP contribution in [-0.4, -0.2) is 25.0 Å². The number of hydrogen-bond acceptors (Lipinski definition) is 4. The van der Waals surface area contributed by atoms with Gasteiger partial charge in [-0.1, -0.05) is 6.07 Å². The summed E-state index contributed by atoms with van der Waals surface area (Å²) in [6, 6.07) is 8.50. The Morgan fingerprint density at radius 3 is 2.94 bits per heavy atom. The fourth-order valence-corrected chi connectivity index (χ4v) is 2.63. The van der Waals surface area contributed by atoms with Gasteiger partial charge in [-0.05, 0) is 31.7 Å². The van der Waals surface area contributed by atoms with E-state index in [0.29, 0.717) is 6.04 Å². The van der Waals surface area contributed by atoms with Crippen LogP contribution in [0.2, 0.25) is 0 Å². The molecule has 1 heterocycles. The molecule has 2 atom stereocenters. The number of nitrogens with zero attached hydrogens (tertiary/aromatic N) is 1. The number of rotatable bonds is 3. The number of anilines is 1. The number of ether oxygens (including phenoxy) is 1. The Hall–Kier alpha value is -1.18. The fraction of sp³-hybridized carbons (Fsp3) is 0.462. The Bertz CT molecular complexity index is 442.